The van der Waals surface area contributed by atoms with Crippen molar-refractivity contribution >= 4 is 72.7 Å². The van der Waals surface area contributed by atoms with E-state index in [2.05, 4.69) is 15.3 Å². The number of aliphatic imine (C=N–C) groups is 1. The average Bonchev–Trinajstić information content (AvgIpc) is 3.24. The fourth-order valence-corrected chi connectivity index (χ4v) is 5.22. The Kier molecular flexibility index (Phi) is 5.84. The third-order valence-electron chi connectivity index (χ3n) is 4.33. The second-order valence-electron chi connectivity index (χ2n) is 6.28. The number of thioether (sulfide) groups is 1. The van der Waals surface area contributed by atoms with Gasteiger partial charge in [-0.3, -0.25) is 14.5 Å². The Hall–Kier alpha value is -2.42. The lowest BCUT2D eigenvalue weighted by Gasteiger charge is -2.13. The summed E-state index contributed by atoms with van der Waals surface area (Å²) in [4.78, 5) is 35.9. The molecule has 1 aromatic heterocycles. The van der Waals surface area contributed by atoms with Crippen molar-refractivity contribution < 1.29 is 9.59 Å². The first kappa shape index (κ1) is 19.9. The van der Waals surface area contributed by atoms with Crippen LogP contribution in [0.25, 0.3) is 10.2 Å². The van der Waals surface area contributed by atoms with Crippen molar-refractivity contribution in [1.82, 2.24) is 9.88 Å². The molecule has 9 heteroatoms. The first-order chi connectivity index (χ1) is 14.0. The van der Waals surface area contributed by atoms with Crippen LogP contribution in [0.2, 0.25) is 5.02 Å². The molecule has 2 heterocycles. The standard InChI is InChI=1S/C20H17ClN4O2S2/c1-2-25-18(27)16(11-17(26)22-13-8-4-3-7-12(13)21)29-20(25)24-19-23-14-9-5-6-10-15(14)28-19/h3-10,16H,2,11H2,1H3,(H,22,26)/t16-/m1/s1. The van der Waals surface area contributed by atoms with Gasteiger partial charge in [0.05, 0.1) is 20.9 Å². The Morgan fingerprint density at radius 1 is 1.24 bits per heavy atom. The number of para-hydroxylation sites is 2. The summed E-state index contributed by atoms with van der Waals surface area (Å²) in [7, 11) is 0. The van der Waals surface area contributed by atoms with Crippen molar-refractivity contribution in [3.63, 3.8) is 0 Å². The molecular weight excluding hydrogens is 428 g/mol. The first-order valence-corrected chi connectivity index (χ1v) is 11.1. The molecule has 4 rings (SSSR count). The second-order valence-corrected chi connectivity index (χ2v) is 8.87. The number of aromatic nitrogens is 1. The van der Waals surface area contributed by atoms with E-state index >= 15 is 0 Å². The maximum Gasteiger partial charge on any atom is 0.242 e. The Morgan fingerprint density at radius 3 is 2.76 bits per heavy atom. The minimum absolute atomic E-state index is 0.0457. The number of fused-ring (bicyclic) bond motifs is 1. The molecule has 2 amide bonds. The number of halogens is 1. The van der Waals surface area contributed by atoms with Gasteiger partial charge >= 0.3 is 0 Å². The van der Waals surface area contributed by atoms with Gasteiger partial charge < -0.3 is 5.32 Å². The quantitative estimate of drug-likeness (QED) is 0.605. The number of carbonyl (C=O) groups excluding carboxylic acids is 2. The molecule has 6 nitrogen and oxygen atoms in total. The summed E-state index contributed by atoms with van der Waals surface area (Å²) >= 11 is 8.86. The Morgan fingerprint density at radius 2 is 2.00 bits per heavy atom. The van der Waals surface area contributed by atoms with Gasteiger partial charge in [0.25, 0.3) is 0 Å². The van der Waals surface area contributed by atoms with E-state index in [1.54, 1.807) is 29.2 Å². The smallest absolute Gasteiger partial charge is 0.242 e. The first-order valence-electron chi connectivity index (χ1n) is 9.02. The molecule has 2 aromatic carbocycles. The third-order valence-corrected chi connectivity index (χ3v) is 6.76. The van der Waals surface area contributed by atoms with Gasteiger partial charge in [0.1, 0.15) is 5.25 Å². The van der Waals surface area contributed by atoms with Gasteiger partial charge in [-0.05, 0) is 31.2 Å². The molecule has 1 aliphatic rings. The highest BCUT2D eigenvalue weighted by Crippen LogP contribution is 2.34. The average molecular weight is 445 g/mol. The number of rotatable bonds is 5. The van der Waals surface area contributed by atoms with Crippen LogP contribution >= 0.6 is 34.7 Å². The van der Waals surface area contributed by atoms with Crippen molar-refractivity contribution in [2.75, 3.05) is 11.9 Å². The Bertz CT molecular complexity index is 1080. The van der Waals surface area contributed by atoms with E-state index in [1.165, 1.54) is 23.1 Å². The summed E-state index contributed by atoms with van der Waals surface area (Å²) in [5.41, 5.74) is 1.41. The van der Waals surface area contributed by atoms with Gasteiger partial charge in [0.15, 0.2) is 5.17 Å². The molecule has 0 bridgehead atoms. The van der Waals surface area contributed by atoms with Crippen LogP contribution in [0, 0.1) is 0 Å². The zero-order valence-electron chi connectivity index (χ0n) is 15.5. The Labute approximate surface area is 181 Å². The predicted octanol–water partition coefficient (Wildman–Crippen LogP) is 4.93. The van der Waals surface area contributed by atoms with E-state index in [0.717, 1.165) is 10.2 Å². The number of nitrogens with one attached hydrogen (secondary N) is 1. The monoisotopic (exact) mass is 444 g/mol. The Balaban J connectivity index is 1.50. The van der Waals surface area contributed by atoms with E-state index in [1.807, 2.05) is 31.2 Å². The molecule has 1 N–H and O–H groups in total. The maximum atomic E-state index is 12.8. The van der Waals surface area contributed by atoms with Gasteiger partial charge in [0.2, 0.25) is 16.9 Å². The molecule has 0 saturated carbocycles. The zero-order valence-corrected chi connectivity index (χ0v) is 17.9. The van der Waals surface area contributed by atoms with Crippen molar-refractivity contribution in [2.45, 2.75) is 18.6 Å². The van der Waals surface area contributed by atoms with E-state index < -0.39 is 5.25 Å². The highest BCUT2D eigenvalue weighted by molar-refractivity contribution is 8.15. The molecule has 3 aromatic rings. The van der Waals surface area contributed by atoms with Crippen molar-refractivity contribution in [3.8, 4) is 0 Å². The van der Waals surface area contributed by atoms with E-state index in [-0.39, 0.29) is 18.2 Å². The van der Waals surface area contributed by atoms with Crippen LogP contribution in [0.5, 0.6) is 0 Å². The van der Waals surface area contributed by atoms with Gasteiger partial charge in [0, 0.05) is 13.0 Å². The molecule has 1 aliphatic heterocycles. The van der Waals surface area contributed by atoms with Crippen LogP contribution in [0.3, 0.4) is 0 Å². The summed E-state index contributed by atoms with van der Waals surface area (Å²) in [6.07, 6.45) is 0.0457. The van der Waals surface area contributed by atoms with Gasteiger partial charge in [-0.15, -0.1) is 0 Å². The molecule has 29 heavy (non-hydrogen) atoms. The third kappa shape index (κ3) is 4.29. The number of amides is 2. The lowest BCUT2D eigenvalue weighted by atomic mass is 10.2. The molecule has 0 radical (unpaired) electrons. The topological polar surface area (TPSA) is 74.7 Å². The van der Waals surface area contributed by atoms with Gasteiger partial charge in [-0.2, -0.15) is 4.99 Å². The number of hydrogen-bond donors (Lipinski definition) is 1. The number of anilines is 1. The van der Waals surface area contributed by atoms with Gasteiger partial charge in [-0.25, -0.2) is 4.98 Å². The molecule has 1 saturated heterocycles. The molecule has 1 fully saturated rings. The van der Waals surface area contributed by atoms with Crippen LogP contribution in [-0.4, -0.2) is 38.7 Å². The van der Waals surface area contributed by atoms with E-state index in [0.29, 0.717) is 27.6 Å². The normalized spacial score (nSPS) is 18.0. The summed E-state index contributed by atoms with van der Waals surface area (Å²) in [5.74, 6) is -0.382. The SMILES string of the molecule is CCN1C(=O)[C@@H](CC(=O)Nc2ccccc2Cl)SC1=Nc1nc2ccccc2s1. The fourth-order valence-electron chi connectivity index (χ4n) is 2.94. The molecule has 0 spiro atoms. The second kappa shape index (κ2) is 8.52. The number of nitrogens with zero attached hydrogens (tertiary/aromatic N) is 3. The summed E-state index contributed by atoms with van der Waals surface area (Å²) < 4.78 is 1.04. The number of benzene rings is 2. The van der Waals surface area contributed by atoms with Crippen LogP contribution < -0.4 is 5.32 Å². The van der Waals surface area contributed by atoms with Crippen molar-refractivity contribution in [2.24, 2.45) is 4.99 Å². The lowest BCUT2D eigenvalue weighted by molar-refractivity contribution is -0.128. The van der Waals surface area contributed by atoms with Gasteiger partial charge in [-0.1, -0.05) is 59.0 Å². The fraction of sp³-hybridized carbons (Fsp3) is 0.200. The molecular formula is C20H17ClN4O2S2. The molecule has 148 valence electrons. The summed E-state index contributed by atoms with van der Waals surface area (Å²) in [6, 6.07) is 14.8. The highest BCUT2D eigenvalue weighted by atomic mass is 35.5. The zero-order chi connectivity index (χ0) is 20.4. The van der Waals surface area contributed by atoms with Crippen LogP contribution in [0.4, 0.5) is 10.8 Å². The predicted molar refractivity (Wildman–Crippen MR) is 120 cm³/mol. The van der Waals surface area contributed by atoms with Crippen LogP contribution in [-0.2, 0) is 9.59 Å². The van der Waals surface area contributed by atoms with E-state index in [9.17, 15) is 9.59 Å². The van der Waals surface area contributed by atoms with Crippen molar-refractivity contribution in [1.29, 1.82) is 0 Å². The number of thiazole rings is 1. The molecule has 1 atom stereocenters. The lowest BCUT2D eigenvalue weighted by Crippen LogP contribution is -2.33. The number of carbonyl (C=O) groups is 2. The van der Waals surface area contributed by atoms with E-state index in [4.69, 9.17) is 11.6 Å². The molecule has 0 aliphatic carbocycles. The largest absolute Gasteiger partial charge is 0.325 e. The maximum absolute atomic E-state index is 12.8. The van der Waals surface area contributed by atoms with Crippen LogP contribution in [0.15, 0.2) is 53.5 Å². The summed E-state index contributed by atoms with van der Waals surface area (Å²) in [6.45, 7) is 2.37. The number of amidine groups is 1. The minimum Gasteiger partial charge on any atom is -0.325 e. The number of hydrogen-bond acceptors (Lipinski definition) is 6. The minimum atomic E-state index is -0.523. The van der Waals surface area contributed by atoms with Crippen LogP contribution in [0.1, 0.15) is 13.3 Å². The molecule has 0 unspecified atom stereocenters. The highest BCUT2D eigenvalue weighted by Gasteiger charge is 2.38. The van der Waals surface area contributed by atoms with Crippen molar-refractivity contribution in [3.05, 3.63) is 53.6 Å². The summed E-state index contributed by atoms with van der Waals surface area (Å²) in [5, 5.41) is 3.88.